The lowest BCUT2D eigenvalue weighted by atomic mass is 9.76. The molecule has 2 aromatic carbocycles. The van der Waals surface area contributed by atoms with Gasteiger partial charge in [-0.1, -0.05) is 43.3 Å². The van der Waals surface area contributed by atoms with E-state index in [9.17, 15) is 9.59 Å². The Kier molecular flexibility index (Phi) is 7.79. The van der Waals surface area contributed by atoms with Gasteiger partial charge in [-0.3, -0.25) is 9.69 Å². The third-order valence-electron chi connectivity index (χ3n) is 5.67. The topological polar surface area (TPSA) is 65.1 Å². The number of allylic oxidation sites excluding steroid dienone is 1. The van der Waals surface area contributed by atoms with Crippen LogP contribution in [0, 0.1) is 11.8 Å². The van der Waals surface area contributed by atoms with Gasteiger partial charge >= 0.3 is 12.1 Å². The smallest absolute Gasteiger partial charge is 0.418 e. The predicted octanol–water partition coefficient (Wildman–Crippen LogP) is 5.93. The summed E-state index contributed by atoms with van der Waals surface area (Å²) >= 11 is 0. The average Bonchev–Trinajstić information content (AvgIpc) is 2.78. The van der Waals surface area contributed by atoms with E-state index in [-0.39, 0.29) is 23.7 Å². The molecular formula is C27H33NO5. The maximum absolute atomic E-state index is 13.1. The van der Waals surface area contributed by atoms with Crippen LogP contribution < -0.4 is 9.64 Å². The van der Waals surface area contributed by atoms with E-state index in [1.165, 1.54) is 4.90 Å². The van der Waals surface area contributed by atoms with Crippen LogP contribution in [0.25, 0.3) is 0 Å². The van der Waals surface area contributed by atoms with Crippen molar-refractivity contribution in [1.29, 1.82) is 0 Å². The number of ether oxygens (including phenoxy) is 3. The fraction of sp³-hybridized carbons (Fsp3) is 0.407. The van der Waals surface area contributed by atoms with E-state index in [1.54, 1.807) is 25.4 Å². The number of hydrogen-bond acceptors (Lipinski definition) is 5. The van der Waals surface area contributed by atoms with Crippen molar-refractivity contribution in [2.45, 2.75) is 45.6 Å². The second-order valence-corrected chi connectivity index (χ2v) is 9.35. The van der Waals surface area contributed by atoms with Crippen molar-refractivity contribution in [1.82, 2.24) is 0 Å². The first kappa shape index (κ1) is 24.4. The molecule has 1 amide bonds. The highest BCUT2D eigenvalue weighted by Gasteiger charge is 2.34. The fourth-order valence-electron chi connectivity index (χ4n) is 3.94. The lowest BCUT2D eigenvalue weighted by Crippen LogP contribution is -2.34. The van der Waals surface area contributed by atoms with Gasteiger partial charge in [-0.25, -0.2) is 4.79 Å². The number of anilines is 1. The molecule has 6 nitrogen and oxygen atoms in total. The molecule has 1 heterocycles. The molecule has 0 radical (unpaired) electrons. The number of hydrogen-bond donors (Lipinski definition) is 0. The zero-order valence-corrected chi connectivity index (χ0v) is 20.0. The fourth-order valence-corrected chi connectivity index (χ4v) is 3.94. The molecule has 0 bridgehead atoms. The quantitative estimate of drug-likeness (QED) is 0.509. The van der Waals surface area contributed by atoms with Gasteiger partial charge < -0.3 is 14.2 Å². The maximum Gasteiger partial charge on any atom is 0.418 e. The van der Waals surface area contributed by atoms with E-state index in [4.69, 9.17) is 14.2 Å². The van der Waals surface area contributed by atoms with Crippen LogP contribution in [0.1, 0.15) is 45.6 Å². The molecular weight excluding hydrogens is 418 g/mol. The zero-order valence-electron chi connectivity index (χ0n) is 20.0. The van der Waals surface area contributed by atoms with Gasteiger partial charge in [-0.05, 0) is 62.4 Å². The monoisotopic (exact) mass is 451 g/mol. The third-order valence-corrected chi connectivity index (χ3v) is 5.67. The summed E-state index contributed by atoms with van der Waals surface area (Å²) in [6, 6.07) is 17.3. The van der Waals surface area contributed by atoms with Crippen molar-refractivity contribution in [3.63, 3.8) is 0 Å². The number of esters is 1. The zero-order chi connectivity index (χ0) is 24.0. The normalized spacial score (nSPS) is 19.6. The predicted molar refractivity (Wildman–Crippen MR) is 128 cm³/mol. The second kappa shape index (κ2) is 10.6. The van der Waals surface area contributed by atoms with Crippen LogP contribution in [0.2, 0.25) is 0 Å². The molecule has 1 aliphatic rings. The third kappa shape index (κ3) is 6.60. The molecule has 0 aliphatic carbocycles. The molecule has 0 unspecified atom stereocenters. The number of cyclic esters (lactones) is 1. The van der Waals surface area contributed by atoms with Gasteiger partial charge in [-0.15, -0.1) is 0 Å². The number of nitrogens with zero attached hydrogens (tertiary/aromatic N) is 1. The number of carbonyl (C=O) groups is 2. The molecule has 0 N–H and O–H groups in total. The minimum absolute atomic E-state index is 0.0567. The molecule has 0 spiro atoms. The molecule has 0 aromatic heterocycles. The van der Waals surface area contributed by atoms with Crippen molar-refractivity contribution in [2.75, 3.05) is 18.6 Å². The van der Waals surface area contributed by atoms with Crippen LogP contribution in [0.3, 0.4) is 0 Å². The lowest BCUT2D eigenvalue weighted by molar-refractivity contribution is -0.152. The van der Waals surface area contributed by atoms with E-state index >= 15 is 0 Å². The van der Waals surface area contributed by atoms with E-state index in [0.29, 0.717) is 24.5 Å². The molecule has 0 saturated carbocycles. The summed E-state index contributed by atoms with van der Waals surface area (Å²) in [5.41, 5.74) is 1.10. The van der Waals surface area contributed by atoms with Crippen molar-refractivity contribution in [2.24, 2.45) is 11.8 Å². The molecule has 33 heavy (non-hydrogen) atoms. The van der Waals surface area contributed by atoms with Gasteiger partial charge in [0.15, 0.2) is 0 Å². The number of methoxy groups -OCH3 is 1. The molecule has 6 heteroatoms. The molecule has 1 fully saturated rings. The minimum atomic E-state index is -0.643. The Morgan fingerprint density at radius 2 is 1.79 bits per heavy atom. The van der Waals surface area contributed by atoms with Crippen LogP contribution >= 0.6 is 0 Å². The molecule has 1 saturated heterocycles. The van der Waals surface area contributed by atoms with Crippen LogP contribution in [0.4, 0.5) is 10.5 Å². The largest absolute Gasteiger partial charge is 0.497 e. The van der Waals surface area contributed by atoms with Crippen molar-refractivity contribution in [3.05, 3.63) is 72.4 Å². The Morgan fingerprint density at radius 1 is 1.12 bits per heavy atom. The summed E-state index contributed by atoms with van der Waals surface area (Å²) in [5, 5.41) is 0. The Balaban J connectivity index is 1.98. The summed E-state index contributed by atoms with van der Waals surface area (Å²) in [6.45, 7) is 8.00. The number of benzene rings is 2. The maximum atomic E-state index is 13.1. The highest BCUT2D eigenvalue weighted by molar-refractivity contribution is 5.90. The van der Waals surface area contributed by atoms with Crippen molar-refractivity contribution < 1.29 is 23.8 Å². The van der Waals surface area contributed by atoms with Crippen LogP contribution in [0.5, 0.6) is 5.75 Å². The second-order valence-electron chi connectivity index (χ2n) is 9.35. The molecule has 3 atom stereocenters. The summed E-state index contributed by atoms with van der Waals surface area (Å²) in [6.07, 6.45) is 3.59. The van der Waals surface area contributed by atoms with E-state index in [2.05, 4.69) is 6.92 Å². The van der Waals surface area contributed by atoms with E-state index < -0.39 is 11.7 Å². The molecule has 2 aromatic rings. The number of rotatable bonds is 6. The number of carbonyl (C=O) groups excluding carboxylic acids is 2. The summed E-state index contributed by atoms with van der Waals surface area (Å²) in [7, 11) is 1.60. The summed E-state index contributed by atoms with van der Waals surface area (Å²) < 4.78 is 16.2. The molecule has 176 valence electrons. The van der Waals surface area contributed by atoms with Crippen molar-refractivity contribution in [3.8, 4) is 5.75 Å². The van der Waals surface area contributed by atoms with Crippen LogP contribution in [-0.4, -0.2) is 31.4 Å². The Bertz CT molecular complexity index is 962. The van der Waals surface area contributed by atoms with Gasteiger partial charge in [0.25, 0.3) is 0 Å². The van der Waals surface area contributed by atoms with Gasteiger partial charge in [0.05, 0.1) is 19.4 Å². The van der Waals surface area contributed by atoms with Gasteiger partial charge in [0.2, 0.25) is 0 Å². The van der Waals surface area contributed by atoms with E-state index in [1.807, 2.05) is 69.3 Å². The van der Waals surface area contributed by atoms with Crippen LogP contribution in [0.15, 0.2) is 66.9 Å². The van der Waals surface area contributed by atoms with Crippen LogP contribution in [-0.2, 0) is 14.3 Å². The summed E-state index contributed by atoms with van der Waals surface area (Å²) in [4.78, 5) is 26.7. The standard InChI is InChI=1S/C27H33NO5/c1-19-18-32-25(29)17-24(19)23(20-9-7-6-8-10-20)15-16-28(26(30)33-27(2,3)4)21-11-13-22(31-5)14-12-21/h6-16,19,23-24H,17-18H2,1-5H3/b16-15+/t19-,23+,24-/m0/s1. The first-order valence-electron chi connectivity index (χ1n) is 11.2. The van der Waals surface area contributed by atoms with E-state index in [0.717, 1.165) is 5.56 Å². The van der Waals surface area contributed by atoms with Gasteiger partial charge in [0, 0.05) is 18.5 Å². The highest BCUT2D eigenvalue weighted by Crippen LogP contribution is 2.37. The Labute approximate surface area is 196 Å². The lowest BCUT2D eigenvalue weighted by Gasteiger charge is -2.34. The Hall–Kier alpha value is -3.28. The molecule has 1 aliphatic heterocycles. The first-order chi connectivity index (χ1) is 15.7. The van der Waals surface area contributed by atoms with Gasteiger partial charge in [0.1, 0.15) is 11.4 Å². The van der Waals surface area contributed by atoms with Gasteiger partial charge in [-0.2, -0.15) is 0 Å². The van der Waals surface area contributed by atoms with Crippen molar-refractivity contribution >= 4 is 17.7 Å². The minimum Gasteiger partial charge on any atom is -0.497 e. The molecule has 3 rings (SSSR count). The highest BCUT2D eigenvalue weighted by atomic mass is 16.6. The first-order valence-corrected chi connectivity index (χ1v) is 11.2. The SMILES string of the molecule is COc1ccc(N(/C=C/[C@H](c2ccccc2)[C@H]2CC(=O)OC[C@@H]2C)C(=O)OC(C)(C)C)cc1. The average molecular weight is 452 g/mol. The Morgan fingerprint density at radius 3 is 2.39 bits per heavy atom. The summed E-state index contributed by atoms with van der Waals surface area (Å²) in [5.74, 6) is 0.683. The number of amides is 1.